The van der Waals surface area contributed by atoms with Gasteiger partial charge in [-0.15, -0.1) is 0 Å². The Labute approximate surface area is 179 Å². The van der Waals surface area contributed by atoms with E-state index in [2.05, 4.69) is 17.1 Å². The molecule has 0 aromatic heterocycles. The van der Waals surface area contributed by atoms with Crippen LogP contribution in [-0.4, -0.2) is 31.9 Å². The highest BCUT2D eigenvalue weighted by Crippen LogP contribution is 2.87. The van der Waals surface area contributed by atoms with Crippen LogP contribution in [0.2, 0.25) is 0 Å². The fourth-order valence-corrected chi connectivity index (χ4v) is 5.79. The number of aliphatic imine (C=N–C) groups is 1. The monoisotopic (exact) mass is 413 g/mol. The van der Waals surface area contributed by atoms with E-state index in [-0.39, 0.29) is 12.4 Å². The molecule has 2 heterocycles. The summed E-state index contributed by atoms with van der Waals surface area (Å²) in [5.74, 6) is -2.41. The second kappa shape index (κ2) is 5.92. The Morgan fingerprint density at radius 1 is 1.03 bits per heavy atom. The number of nitrogens with two attached hydrogens (primary N) is 1. The molecular formula is C23H19N5O3. The lowest BCUT2D eigenvalue weighted by Crippen LogP contribution is -2.48. The first-order valence-corrected chi connectivity index (χ1v) is 9.72. The SMILES string of the molecule is COC1(OC)N=C(N)[C@]2(C#N)[C@@]3(C(=O)N(Cc4ccccc4)c4ccccc43)[C@@]12C#N. The van der Waals surface area contributed by atoms with E-state index in [0.29, 0.717) is 11.3 Å². The molecule has 0 radical (unpaired) electrons. The molecule has 2 aromatic rings. The van der Waals surface area contributed by atoms with Gasteiger partial charge in [0.15, 0.2) is 10.8 Å². The van der Waals surface area contributed by atoms with Gasteiger partial charge < -0.3 is 20.1 Å². The highest BCUT2D eigenvalue weighted by atomic mass is 16.7. The maximum absolute atomic E-state index is 14.2. The average Bonchev–Trinajstić information content (AvgIpc) is 3.21. The molecule has 2 aromatic carbocycles. The van der Waals surface area contributed by atoms with Crippen molar-refractivity contribution in [3.8, 4) is 12.1 Å². The first kappa shape index (κ1) is 19.3. The van der Waals surface area contributed by atoms with Crippen molar-refractivity contribution in [2.75, 3.05) is 19.1 Å². The third kappa shape index (κ3) is 1.67. The van der Waals surface area contributed by atoms with Crippen LogP contribution >= 0.6 is 0 Å². The quantitative estimate of drug-likeness (QED) is 0.763. The maximum atomic E-state index is 14.2. The number of nitrogens with zero attached hydrogens (tertiary/aromatic N) is 4. The van der Waals surface area contributed by atoms with E-state index >= 15 is 0 Å². The van der Waals surface area contributed by atoms with Gasteiger partial charge in [-0.05, 0) is 17.2 Å². The predicted octanol–water partition coefficient (Wildman–Crippen LogP) is 1.82. The number of hydrogen-bond donors (Lipinski definition) is 1. The van der Waals surface area contributed by atoms with E-state index in [1.807, 2.05) is 42.5 Å². The summed E-state index contributed by atoms with van der Waals surface area (Å²) in [7, 11) is 2.65. The van der Waals surface area contributed by atoms with E-state index in [0.717, 1.165) is 5.56 Å². The molecule has 8 heteroatoms. The van der Waals surface area contributed by atoms with E-state index in [1.54, 1.807) is 17.0 Å². The lowest BCUT2D eigenvalue weighted by molar-refractivity contribution is -0.233. The van der Waals surface area contributed by atoms with Gasteiger partial charge >= 0.3 is 0 Å². The smallest absolute Gasteiger partial charge is 0.293 e. The summed E-state index contributed by atoms with van der Waals surface area (Å²) in [6.45, 7) is 0.283. The third-order valence-corrected chi connectivity index (χ3v) is 6.99. The standard InChI is InChI=1S/C23H19N5O3/c1-30-23(31-2)21(14-25)20(13-24,18(26)27-23)22(21)16-10-6-7-11-17(16)28(19(22)29)12-15-8-4-3-5-9-15/h3-11H,12H2,1-2H3,(H2,26,27)/t20-,21-,22+/m0/s1. The third-order valence-electron chi connectivity index (χ3n) is 6.99. The van der Waals surface area contributed by atoms with Crippen molar-refractivity contribution in [3.05, 3.63) is 65.7 Å². The molecule has 5 rings (SSSR count). The van der Waals surface area contributed by atoms with Gasteiger partial charge in [0.25, 0.3) is 5.91 Å². The number of anilines is 1. The van der Waals surface area contributed by atoms with Crippen LogP contribution in [0.25, 0.3) is 0 Å². The molecule has 154 valence electrons. The average molecular weight is 413 g/mol. The molecule has 3 atom stereocenters. The van der Waals surface area contributed by atoms with E-state index in [1.165, 1.54) is 14.2 Å². The number of rotatable bonds is 4. The zero-order valence-electron chi connectivity index (χ0n) is 17.0. The molecule has 2 N–H and O–H groups in total. The van der Waals surface area contributed by atoms with Crippen molar-refractivity contribution < 1.29 is 14.3 Å². The lowest BCUT2D eigenvalue weighted by atomic mass is 9.84. The van der Waals surface area contributed by atoms with Crippen LogP contribution in [0.15, 0.2) is 59.6 Å². The number of fused-ring (bicyclic) bond motifs is 5. The molecular weight excluding hydrogens is 394 g/mol. The summed E-state index contributed by atoms with van der Waals surface area (Å²) in [6.07, 6.45) is 0. The molecule has 1 aliphatic carbocycles. The minimum atomic E-state index is -1.88. The van der Waals surface area contributed by atoms with Crippen molar-refractivity contribution in [3.63, 3.8) is 0 Å². The molecule has 3 aliphatic rings. The molecule has 1 fully saturated rings. The first-order chi connectivity index (χ1) is 15.0. The van der Waals surface area contributed by atoms with Gasteiger partial charge in [0.05, 0.1) is 18.7 Å². The molecule has 1 spiro atoms. The number of amides is 1. The zero-order chi connectivity index (χ0) is 22.1. The van der Waals surface area contributed by atoms with Gasteiger partial charge in [-0.2, -0.15) is 10.5 Å². The normalized spacial score (nSPS) is 31.5. The number of carbonyl (C=O) groups excluding carboxylic acids is 1. The van der Waals surface area contributed by atoms with Crippen LogP contribution in [0.4, 0.5) is 5.69 Å². The minimum absolute atomic E-state index is 0.134. The second-order valence-electron chi connectivity index (χ2n) is 7.85. The molecule has 31 heavy (non-hydrogen) atoms. The van der Waals surface area contributed by atoms with Gasteiger partial charge in [-0.3, -0.25) is 4.79 Å². The van der Waals surface area contributed by atoms with Gasteiger partial charge in [0.1, 0.15) is 11.3 Å². The van der Waals surface area contributed by atoms with Crippen molar-refractivity contribution in [1.29, 1.82) is 10.5 Å². The summed E-state index contributed by atoms with van der Waals surface area (Å²) < 4.78 is 11.1. The Bertz CT molecular complexity index is 1230. The van der Waals surface area contributed by atoms with Crippen molar-refractivity contribution in [2.45, 2.75) is 17.9 Å². The Morgan fingerprint density at radius 2 is 1.68 bits per heavy atom. The van der Waals surface area contributed by atoms with Crippen LogP contribution in [0.3, 0.4) is 0 Å². The van der Waals surface area contributed by atoms with E-state index in [9.17, 15) is 15.3 Å². The van der Waals surface area contributed by atoms with E-state index in [4.69, 9.17) is 15.2 Å². The Hall–Kier alpha value is -3.72. The molecule has 8 nitrogen and oxygen atoms in total. The Kier molecular flexibility index (Phi) is 3.67. The molecule has 1 amide bonds. The van der Waals surface area contributed by atoms with Gasteiger partial charge in [-0.25, -0.2) is 4.99 Å². The van der Waals surface area contributed by atoms with Crippen molar-refractivity contribution in [1.82, 2.24) is 0 Å². The minimum Gasteiger partial charge on any atom is -0.386 e. The fourth-order valence-electron chi connectivity index (χ4n) is 5.79. The summed E-state index contributed by atoms with van der Waals surface area (Å²) in [5.41, 5.74) is 3.29. The fraction of sp³-hybridized carbons (Fsp3) is 0.304. The molecule has 2 aliphatic heterocycles. The molecule has 0 bridgehead atoms. The number of benzene rings is 2. The van der Waals surface area contributed by atoms with Crippen molar-refractivity contribution >= 4 is 17.4 Å². The number of carbonyl (C=O) groups is 1. The van der Waals surface area contributed by atoms with Crippen molar-refractivity contribution in [2.24, 2.45) is 21.6 Å². The number of methoxy groups -OCH3 is 2. The molecule has 0 unspecified atom stereocenters. The van der Waals surface area contributed by atoms with Gasteiger partial charge in [-0.1, -0.05) is 48.5 Å². The van der Waals surface area contributed by atoms with E-state index < -0.39 is 28.1 Å². The van der Waals surface area contributed by atoms with Crippen LogP contribution in [-0.2, 0) is 26.2 Å². The van der Waals surface area contributed by atoms with Crippen LogP contribution in [0.5, 0.6) is 0 Å². The second-order valence-corrected chi connectivity index (χ2v) is 7.85. The molecule has 0 saturated heterocycles. The first-order valence-electron chi connectivity index (χ1n) is 9.72. The Balaban J connectivity index is 1.79. The summed E-state index contributed by atoms with van der Waals surface area (Å²) in [4.78, 5) is 20.0. The topological polar surface area (TPSA) is 125 Å². The van der Waals surface area contributed by atoms with Gasteiger partial charge in [0, 0.05) is 19.9 Å². The largest absolute Gasteiger partial charge is 0.386 e. The number of amidine groups is 1. The summed E-state index contributed by atoms with van der Waals surface area (Å²) >= 11 is 0. The van der Waals surface area contributed by atoms with Gasteiger partial charge in [0.2, 0.25) is 5.91 Å². The highest BCUT2D eigenvalue weighted by Gasteiger charge is 3.05. The number of para-hydroxylation sites is 1. The highest BCUT2D eigenvalue weighted by molar-refractivity contribution is 6.21. The molecule has 1 saturated carbocycles. The number of hydrogen-bond acceptors (Lipinski definition) is 7. The van der Waals surface area contributed by atoms with Crippen LogP contribution < -0.4 is 10.6 Å². The maximum Gasteiger partial charge on any atom is 0.293 e. The lowest BCUT2D eigenvalue weighted by Gasteiger charge is -2.31. The van der Waals surface area contributed by atoms with Crippen LogP contribution in [0.1, 0.15) is 11.1 Å². The van der Waals surface area contributed by atoms with Crippen LogP contribution in [0, 0.1) is 33.5 Å². The number of nitriles is 2. The summed E-state index contributed by atoms with van der Waals surface area (Å²) in [5, 5.41) is 20.8. The number of ether oxygens (including phenoxy) is 2. The zero-order valence-corrected chi connectivity index (χ0v) is 17.0. The summed E-state index contributed by atoms with van der Waals surface area (Å²) in [6, 6.07) is 21.1. The predicted molar refractivity (Wildman–Crippen MR) is 110 cm³/mol. The Morgan fingerprint density at radius 3 is 2.29 bits per heavy atom.